The first kappa shape index (κ1) is 12.2. The Bertz CT molecular complexity index is 398. The first-order valence-electron chi connectivity index (χ1n) is 4.32. The molecule has 7 heteroatoms. The number of ether oxygens (including phenoxy) is 1. The molecule has 1 heterocycles. The summed E-state index contributed by atoms with van der Waals surface area (Å²) >= 11 is 0. The highest BCUT2D eigenvalue weighted by Gasteiger charge is 2.27. The maximum absolute atomic E-state index is 11.0. The normalized spacial score (nSPS) is 14.2. The number of aliphatic carboxylic acids is 1. The monoisotopic (exact) mass is 229 g/mol. The summed E-state index contributed by atoms with van der Waals surface area (Å²) in [5.41, 5.74) is 5.18. The van der Waals surface area contributed by atoms with Crippen LogP contribution in [0.1, 0.15) is 22.4 Å². The first-order chi connectivity index (χ1) is 7.47. The van der Waals surface area contributed by atoms with Gasteiger partial charge in [0.05, 0.1) is 7.11 Å². The molecule has 1 aromatic heterocycles. The molecule has 4 N–H and O–H groups in total. The summed E-state index contributed by atoms with van der Waals surface area (Å²) in [6.07, 6.45) is -1.52. The Labute approximate surface area is 90.4 Å². The van der Waals surface area contributed by atoms with E-state index in [4.69, 9.17) is 15.3 Å². The van der Waals surface area contributed by atoms with Gasteiger partial charge in [0, 0.05) is 0 Å². The van der Waals surface area contributed by atoms with Crippen molar-refractivity contribution in [2.24, 2.45) is 5.73 Å². The van der Waals surface area contributed by atoms with E-state index in [2.05, 4.69) is 4.74 Å². The maximum Gasteiger partial charge on any atom is 0.373 e. The molecule has 0 radical (unpaired) electrons. The van der Waals surface area contributed by atoms with Gasteiger partial charge in [0.25, 0.3) is 0 Å². The van der Waals surface area contributed by atoms with Gasteiger partial charge in [-0.3, -0.25) is 4.79 Å². The molecule has 0 fully saturated rings. The molecule has 1 aromatic rings. The predicted molar refractivity (Wildman–Crippen MR) is 50.6 cm³/mol. The molecule has 0 saturated carbocycles. The van der Waals surface area contributed by atoms with Crippen molar-refractivity contribution in [1.82, 2.24) is 0 Å². The second-order valence-corrected chi connectivity index (χ2v) is 3.00. The van der Waals surface area contributed by atoms with Gasteiger partial charge in [0.15, 0.2) is 0 Å². The molecule has 2 atom stereocenters. The summed E-state index contributed by atoms with van der Waals surface area (Å²) in [6, 6.07) is 1.01. The summed E-state index contributed by atoms with van der Waals surface area (Å²) in [6.45, 7) is 0. The standard InChI is InChI=1S/C9H11NO6/c1-15-9(14)5-3-2-4(16-5)7(11)6(10)8(12)13/h2-3,6-7,11H,10H2,1H3,(H,12,13). The fourth-order valence-electron chi connectivity index (χ4n) is 1.03. The van der Waals surface area contributed by atoms with Crippen LogP contribution in [0, 0.1) is 0 Å². The van der Waals surface area contributed by atoms with Crippen molar-refractivity contribution < 1.29 is 29.0 Å². The van der Waals surface area contributed by atoms with E-state index >= 15 is 0 Å². The van der Waals surface area contributed by atoms with Gasteiger partial charge in [-0.05, 0) is 12.1 Å². The lowest BCUT2D eigenvalue weighted by Crippen LogP contribution is -2.36. The van der Waals surface area contributed by atoms with E-state index in [0.717, 1.165) is 0 Å². The smallest absolute Gasteiger partial charge is 0.373 e. The lowest BCUT2D eigenvalue weighted by molar-refractivity contribution is -0.141. The summed E-state index contributed by atoms with van der Waals surface area (Å²) in [5, 5.41) is 18.0. The zero-order valence-corrected chi connectivity index (χ0v) is 8.41. The highest BCUT2D eigenvalue weighted by atomic mass is 16.5. The highest BCUT2D eigenvalue weighted by Crippen LogP contribution is 2.19. The van der Waals surface area contributed by atoms with E-state index < -0.39 is 24.1 Å². The Morgan fingerprint density at radius 1 is 1.50 bits per heavy atom. The molecule has 88 valence electrons. The number of carbonyl (C=O) groups excluding carboxylic acids is 1. The van der Waals surface area contributed by atoms with Crippen molar-refractivity contribution in [2.75, 3.05) is 7.11 Å². The third kappa shape index (κ3) is 2.38. The molecule has 7 nitrogen and oxygen atoms in total. The quantitative estimate of drug-likeness (QED) is 0.595. The topological polar surface area (TPSA) is 123 Å². The molecule has 0 amide bonds. The summed E-state index contributed by atoms with van der Waals surface area (Å²) < 4.78 is 9.28. The van der Waals surface area contributed by atoms with Gasteiger partial charge >= 0.3 is 11.9 Å². The largest absolute Gasteiger partial charge is 0.480 e. The molecule has 16 heavy (non-hydrogen) atoms. The van der Waals surface area contributed by atoms with Crippen molar-refractivity contribution >= 4 is 11.9 Å². The Kier molecular flexibility index (Phi) is 3.64. The Morgan fingerprint density at radius 2 is 2.12 bits per heavy atom. The second-order valence-electron chi connectivity index (χ2n) is 3.00. The molecule has 0 aliphatic rings. The third-order valence-corrected chi connectivity index (χ3v) is 1.93. The minimum atomic E-state index is -1.52. The van der Waals surface area contributed by atoms with E-state index in [1.54, 1.807) is 0 Å². The van der Waals surface area contributed by atoms with Gasteiger partial charge in [0.2, 0.25) is 5.76 Å². The molecule has 0 aliphatic heterocycles. The molecule has 0 aliphatic carbocycles. The van der Waals surface area contributed by atoms with Gasteiger partial charge in [-0.15, -0.1) is 0 Å². The summed E-state index contributed by atoms with van der Waals surface area (Å²) in [5.74, 6) is -2.32. The second kappa shape index (κ2) is 4.77. The number of methoxy groups -OCH3 is 1. The van der Waals surface area contributed by atoms with Crippen LogP contribution < -0.4 is 5.73 Å². The SMILES string of the molecule is COC(=O)c1ccc(C(O)C(N)C(=O)O)o1. The molecular weight excluding hydrogens is 218 g/mol. The highest BCUT2D eigenvalue weighted by molar-refractivity contribution is 5.86. The van der Waals surface area contributed by atoms with Crippen LogP contribution in [-0.4, -0.2) is 35.3 Å². The lowest BCUT2D eigenvalue weighted by Gasteiger charge is -2.11. The Balaban J connectivity index is 2.85. The number of carbonyl (C=O) groups is 2. The Morgan fingerprint density at radius 3 is 2.62 bits per heavy atom. The van der Waals surface area contributed by atoms with E-state index in [1.807, 2.05) is 0 Å². The molecular formula is C9H11NO6. The third-order valence-electron chi connectivity index (χ3n) is 1.93. The minimum Gasteiger partial charge on any atom is -0.480 e. The van der Waals surface area contributed by atoms with Crippen LogP contribution in [0.5, 0.6) is 0 Å². The fourth-order valence-corrected chi connectivity index (χ4v) is 1.03. The number of aliphatic hydroxyl groups is 1. The molecule has 1 rings (SSSR count). The van der Waals surface area contributed by atoms with E-state index in [1.165, 1.54) is 19.2 Å². The van der Waals surface area contributed by atoms with Crippen LogP contribution in [0.3, 0.4) is 0 Å². The zero-order chi connectivity index (χ0) is 12.3. The van der Waals surface area contributed by atoms with E-state index in [-0.39, 0.29) is 11.5 Å². The first-order valence-corrected chi connectivity index (χ1v) is 4.32. The number of hydrogen-bond acceptors (Lipinski definition) is 6. The Hall–Kier alpha value is -1.86. The summed E-state index contributed by atoms with van der Waals surface area (Å²) in [7, 11) is 1.17. The molecule has 0 saturated heterocycles. The van der Waals surface area contributed by atoms with Crippen molar-refractivity contribution in [3.63, 3.8) is 0 Å². The molecule has 0 bridgehead atoms. The number of nitrogens with two attached hydrogens (primary N) is 1. The van der Waals surface area contributed by atoms with Crippen molar-refractivity contribution in [3.8, 4) is 0 Å². The summed E-state index contributed by atoms with van der Waals surface area (Å²) in [4.78, 5) is 21.5. The van der Waals surface area contributed by atoms with Crippen LogP contribution in [-0.2, 0) is 9.53 Å². The van der Waals surface area contributed by atoms with E-state index in [0.29, 0.717) is 0 Å². The van der Waals surface area contributed by atoms with Gasteiger partial charge < -0.3 is 25.1 Å². The van der Waals surface area contributed by atoms with Crippen LogP contribution in [0.2, 0.25) is 0 Å². The van der Waals surface area contributed by atoms with Gasteiger partial charge in [-0.25, -0.2) is 4.79 Å². The van der Waals surface area contributed by atoms with Crippen LogP contribution in [0.25, 0.3) is 0 Å². The molecule has 0 spiro atoms. The van der Waals surface area contributed by atoms with Crippen molar-refractivity contribution in [3.05, 3.63) is 23.7 Å². The number of hydrogen-bond donors (Lipinski definition) is 3. The van der Waals surface area contributed by atoms with Crippen molar-refractivity contribution in [1.29, 1.82) is 0 Å². The number of carboxylic acids is 1. The lowest BCUT2D eigenvalue weighted by atomic mass is 10.1. The van der Waals surface area contributed by atoms with Crippen molar-refractivity contribution in [2.45, 2.75) is 12.1 Å². The van der Waals surface area contributed by atoms with Gasteiger partial charge in [-0.1, -0.05) is 0 Å². The number of rotatable bonds is 4. The number of aliphatic hydroxyl groups excluding tert-OH is 1. The maximum atomic E-state index is 11.0. The average Bonchev–Trinajstić information content (AvgIpc) is 2.75. The fraction of sp³-hybridized carbons (Fsp3) is 0.333. The molecule has 2 unspecified atom stereocenters. The van der Waals surface area contributed by atoms with Crippen LogP contribution in [0.15, 0.2) is 16.5 Å². The average molecular weight is 229 g/mol. The minimum absolute atomic E-state index is 0.102. The molecule has 0 aromatic carbocycles. The number of carboxylic acid groups (broad SMARTS) is 1. The zero-order valence-electron chi connectivity index (χ0n) is 8.41. The number of esters is 1. The number of furan rings is 1. The van der Waals surface area contributed by atoms with Crippen LogP contribution >= 0.6 is 0 Å². The van der Waals surface area contributed by atoms with Crippen LogP contribution in [0.4, 0.5) is 0 Å². The van der Waals surface area contributed by atoms with Gasteiger partial charge in [0.1, 0.15) is 17.9 Å². The van der Waals surface area contributed by atoms with Gasteiger partial charge in [-0.2, -0.15) is 0 Å². The predicted octanol–water partition coefficient (Wildman–Crippen LogP) is -0.489. The van der Waals surface area contributed by atoms with E-state index in [9.17, 15) is 14.7 Å².